The number of halogens is 2. The summed E-state index contributed by atoms with van der Waals surface area (Å²) in [5, 5.41) is 3.13. The second-order valence-electron chi connectivity index (χ2n) is 10.5. The predicted molar refractivity (Wildman–Crippen MR) is 143 cm³/mol. The number of benzene rings is 2. The van der Waals surface area contributed by atoms with Gasteiger partial charge < -0.3 is 11.1 Å². The van der Waals surface area contributed by atoms with Crippen LogP contribution in [0.3, 0.4) is 0 Å². The molecule has 3 aliphatic heterocycles. The summed E-state index contributed by atoms with van der Waals surface area (Å²) in [4.78, 5) is 32.5. The van der Waals surface area contributed by atoms with Crippen LogP contribution in [-0.4, -0.2) is 28.7 Å². The summed E-state index contributed by atoms with van der Waals surface area (Å²) >= 11 is 0. The number of aryl methyl sites for hydroxylation is 2. The summed E-state index contributed by atoms with van der Waals surface area (Å²) in [7, 11) is 0. The predicted octanol–water partition coefficient (Wildman–Crippen LogP) is 5.70. The Morgan fingerprint density at radius 2 is 1.82 bits per heavy atom. The van der Waals surface area contributed by atoms with E-state index in [0.29, 0.717) is 5.56 Å². The number of fused-ring (bicyclic) bond motifs is 5. The lowest BCUT2D eigenvalue weighted by Gasteiger charge is -2.40. The zero-order chi connectivity index (χ0) is 27.0. The number of rotatable bonds is 0. The van der Waals surface area contributed by atoms with Crippen LogP contribution in [0.5, 0.6) is 0 Å². The first-order chi connectivity index (χ1) is 18.3. The van der Waals surface area contributed by atoms with Gasteiger partial charge in [-0.25, -0.2) is 13.8 Å². The summed E-state index contributed by atoms with van der Waals surface area (Å²) in [5.74, 6) is -3.46. The fourth-order valence-electron chi connectivity index (χ4n) is 6.32. The van der Waals surface area contributed by atoms with Crippen LogP contribution in [0.25, 0.3) is 0 Å². The average Bonchev–Trinajstić information content (AvgIpc) is 3.30. The lowest BCUT2D eigenvalue weighted by Crippen LogP contribution is -2.50. The molecule has 7 rings (SSSR count). The van der Waals surface area contributed by atoms with Crippen molar-refractivity contribution in [2.24, 2.45) is 10.7 Å². The summed E-state index contributed by atoms with van der Waals surface area (Å²) in [5.41, 5.74) is 10.3. The zero-order valence-electron chi connectivity index (χ0n) is 22.1. The molecule has 202 valence electrons. The van der Waals surface area contributed by atoms with Gasteiger partial charge in [-0.3, -0.25) is 14.5 Å². The van der Waals surface area contributed by atoms with Gasteiger partial charge in [-0.05, 0) is 72.9 Å². The molecule has 0 fully saturated rings. The highest BCUT2D eigenvalue weighted by Gasteiger charge is 2.45. The van der Waals surface area contributed by atoms with Crippen molar-refractivity contribution in [1.29, 1.82) is 0 Å². The smallest absolute Gasteiger partial charge is 0.273 e. The van der Waals surface area contributed by atoms with Gasteiger partial charge in [0.25, 0.3) is 11.8 Å². The van der Waals surface area contributed by atoms with Crippen LogP contribution in [0.4, 0.5) is 8.78 Å². The fraction of sp³-hybridized carbons (Fsp3) is 0.500. The van der Waals surface area contributed by atoms with Crippen LogP contribution >= 0.6 is 0 Å². The summed E-state index contributed by atoms with van der Waals surface area (Å²) in [6, 6.07) is 9.84. The van der Waals surface area contributed by atoms with Crippen LogP contribution in [0.1, 0.15) is 109 Å². The largest absolute Gasteiger partial charge is 0.369 e. The molecule has 0 aromatic heterocycles. The van der Waals surface area contributed by atoms with Gasteiger partial charge in [0.1, 0.15) is 0 Å². The second kappa shape index (κ2) is 10.5. The van der Waals surface area contributed by atoms with Crippen molar-refractivity contribution in [1.82, 2.24) is 10.2 Å². The molecule has 0 saturated heterocycles. The number of nitrogens with one attached hydrogen (secondary N) is 1. The van der Waals surface area contributed by atoms with Gasteiger partial charge in [-0.1, -0.05) is 44.5 Å². The summed E-state index contributed by atoms with van der Waals surface area (Å²) in [6.45, 7) is 4.00. The highest BCUT2D eigenvalue weighted by molar-refractivity contribution is 5.99. The van der Waals surface area contributed by atoms with Crippen molar-refractivity contribution in [2.45, 2.75) is 95.7 Å². The topological polar surface area (TPSA) is 87.8 Å². The van der Waals surface area contributed by atoms with Crippen LogP contribution in [-0.2, 0) is 23.6 Å². The molecule has 2 amide bonds. The molecule has 0 radical (unpaired) electrons. The highest BCUT2D eigenvalue weighted by atomic mass is 19.3. The van der Waals surface area contributed by atoms with Gasteiger partial charge in [0.15, 0.2) is 5.96 Å². The Labute approximate surface area is 222 Å². The molecule has 8 heteroatoms. The van der Waals surface area contributed by atoms with E-state index in [1.165, 1.54) is 34.2 Å². The first-order valence-electron chi connectivity index (χ1n) is 13.9. The molecule has 38 heavy (non-hydrogen) atoms. The molecule has 0 saturated carbocycles. The zero-order valence-corrected chi connectivity index (χ0v) is 22.1. The molecule has 6 bridgehead atoms. The van der Waals surface area contributed by atoms with E-state index in [1.54, 1.807) is 0 Å². The van der Waals surface area contributed by atoms with Gasteiger partial charge in [0.2, 0.25) is 5.91 Å². The Kier molecular flexibility index (Phi) is 7.25. The maximum atomic E-state index is 14.9. The molecule has 3 N–H and O–H groups in total. The molecular weight excluding hydrogens is 486 g/mol. The van der Waals surface area contributed by atoms with Crippen molar-refractivity contribution in [3.8, 4) is 0 Å². The Morgan fingerprint density at radius 3 is 2.61 bits per heavy atom. The van der Waals surface area contributed by atoms with E-state index in [0.717, 1.165) is 44.1 Å². The van der Waals surface area contributed by atoms with Crippen LogP contribution in [0.2, 0.25) is 0 Å². The molecule has 3 atom stereocenters. The van der Waals surface area contributed by atoms with Gasteiger partial charge >= 0.3 is 0 Å². The number of guanidine groups is 1. The van der Waals surface area contributed by atoms with Crippen molar-refractivity contribution < 1.29 is 18.4 Å². The number of hydrogen-bond acceptors (Lipinski definition) is 4. The average molecular weight is 523 g/mol. The normalized spacial score (nSPS) is 25.9. The first-order valence-corrected chi connectivity index (χ1v) is 13.9. The number of amides is 2. The third-order valence-corrected chi connectivity index (χ3v) is 8.20. The lowest BCUT2D eigenvalue weighted by atomic mass is 9.82. The molecule has 6 nitrogen and oxygen atoms in total. The Balaban J connectivity index is 0.00000144. The minimum absolute atomic E-state index is 0.0521. The fourth-order valence-corrected chi connectivity index (χ4v) is 6.32. The van der Waals surface area contributed by atoms with E-state index in [4.69, 9.17) is 5.73 Å². The number of alkyl halides is 2. The van der Waals surface area contributed by atoms with Gasteiger partial charge in [-0.15, -0.1) is 0 Å². The monoisotopic (exact) mass is 522 g/mol. The number of aliphatic imine (C=N–C) groups is 1. The summed E-state index contributed by atoms with van der Waals surface area (Å²) in [6.07, 6.45) is 5.13. The van der Waals surface area contributed by atoms with Crippen molar-refractivity contribution in [3.63, 3.8) is 0 Å². The maximum absolute atomic E-state index is 14.9. The van der Waals surface area contributed by atoms with E-state index in [1.807, 2.05) is 13.8 Å². The number of hydrogen-bond donors (Lipinski definition) is 2. The lowest BCUT2D eigenvalue weighted by molar-refractivity contribution is -0.131. The van der Waals surface area contributed by atoms with E-state index in [9.17, 15) is 18.4 Å². The molecule has 5 aliphatic rings. The molecule has 2 unspecified atom stereocenters. The third-order valence-electron chi connectivity index (χ3n) is 8.20. The first kappa shape index (κ1) is 26.3. The van der Waals surface area contributed by atoms with Gasteiger partial charge in [0.05, 0.1) is 18.1 Å². The molecule has 0 spiro atoms. The third kappa shape index (κ3) is 4.81. The maximum Gasteiger partial charge on any atom is 0.273 e. The number of carbonyl (C=O) groups is 2. The Bertz CT molecular complexity index is 1270. The SMILES string of the molecule is CC.NC1=NC2CCCCc3ccc4c(c3)C(CC4)NC(=O)c3ccc4c(c3)[C@@H](CCC4(F)F)N1C(=O)C2. The molecular formula is C30H36F2N4O2. The number of nitrogens with two attached hydrogens (primary N) is 1. The Hall–Kier alpha value is -3.29. The highest BCUT2D eigenvalue weighted by Crippen LogP contribution is 2.47. The van der Waals surface area contributed by atoms with E-state index in [2.05, 4.69) is 28.5 Å². The standard InChI is InChI=1S/C28H30F2N4O2.C2H6/c29-28(30)12-11-24-21-14-18(7-9-22(21)28)26(36)33-23-10-8-17-6-5-16(13-20(17)23)3-1-2-4-19-15-25(35)34(24)27(31)32-19;1-2/h5-7,9,13-14,19,23-24H,1-4,8,10-12,15H2,(H2,31,32)(H,33,36);1-2H3/t19?,23?,24-;/m1./s1. The van der Waals surface area contributed by atoms with Crippen LogP contribution < -0.4 is 11.1 Å². The van der Waals surface area contributed by atoms with Crippen molar-refractivity contribution >= 4 is 17.8 Å². The van der Waals surface area contributed by atoms with Gasteiger partial charge in [-0.2, -0.15) is 0 Å². The van der Waals surface area contributed by atoms with E-state index >= 15 is 0 Å². The van der Waals surface area contributed by atoms with Crippen molar-refractivity contribution in [3.05, 3.63) is 69.8 Å². The molecule has 3 heterocycles. The minimum Gasteiger partial charge on any atom is -0.369 e. The van der Waals surface area contributed by atoms with Crippen LogP contribution in [0, 0.1) is 0 Å². The number of carbonyl (C=O) groups excluding carboxylic acids is 2. The van der Waals surface area contributed by atoms with Crippen molar-refractivity contribution in [2.75, 3.05) is 0 Å². The quantitative estimate of drug-likeness (QED) is 0.465. The minimum atomic E-state index is -3.04. The second-order valence-corrected chi connectivity index (χ2v) is 10.5. The molecule has 2 aromatic carbocycles. The van der Waals surface area contributed by atoms with Gasteiger partial charge in [0, 0.05) is 24.0 Å². The Morgan fingerprint density at radius 1 is 1.00 bits per heavy atom. The van der Waals surface area contributed by atoms with Crippen LogP contribution in [0.15, 0.2) is 41.4 Å². The number of nitrogens with zero attached hydrogens (tertiary/aromatic N) is 2. The van der Waals surface area contributed by atoms with E-state index < -0.39 is 18.4 Å². The molecule has 2 aliphatic carbocycles. The molecule has 2 aromatic rings. The summed E-state index contributed by atoms with van der Waals surface area (Å²) < 4.78 is 29.8. The van der Waals surface area contributed by atoms with E-state index in [-0.39, 0.29) is 53.8 Å².